The highest BCUT2D eigenvalue weighted by atomic mass is 32.1. The second kappa shape index (κ2) is 8.61. The van der Waals surface area contributed by atoms with Gasteiger partial charge >= 0.3 is 5.97 Å². The highest BCUT2D eigenvalue weighted by Crippen LogP contribution is 2.21. The van der Waals surface area contributed by atoms with E-state index in [2.05, 4.69) is 5.32 Å². The summed E-state index contributed by atoms with van der Waals surface area (Å²) < 4.78 is 5.05. The van der Waals surface area contributed by atoms with E-state index in [1.54, 1.807) is 28.5 Å². The molecular formula is C19H20N3O3S+. The van der Waals surface area contributed by atoms with E-state index in [0.717, 1.165) is 6.54 Å². The molecule has 1 aliphatic rings. The van der Waals surface area contributed by atoms with Crippen molar-refractivity contribution in [3.05, 3.63) is 52.4 Å². The summed E-state index contributed by atoms with van der Waals surface area (Å²) in [6.45, 7) is 2.99. The van der Waals surface area contributed by atoms with Crippen LogP contribution in [0.2, 0.25) is 0 Å². The zero-order valence-electron chi connectivity index (χ0n) is 14.3. The number of carbonyl (C=O) groups excluding carboxylic acids is 2. The van der Waals surface area contributed by atoms with E-state index in [4.69, 9.17) is 10.00 Å². The molecule has 0 radical (unpaired) electrons. The minimum absolute atomic E-state index is 0.388. The number of hydrogen-bond acceptors (Lipinski definition) is 5. The number of anilines is 1. The summed E-state index contributed by atoms with van der Waals surface area (Å²) in [5.41, 5.74) is 2.01. The number of rotatable bonds is 6. The summed E-state index contributed by atoms with van der Waals surface area (Å²) in [6, 6.07) is 11.0. The van der Waals surface area contributed by atoms with Crippen LogP contribution in [0, 0.1) is 11.3 Å². The van der Waals surface area contributed by atoms with E-state index in [1.807, 2.05) is 18.2 Å². The Labute approximate surface area is 156 Å². The van der Waals surface area contributed by atoms with Gasteiger partial charge in [-0.05, 0) is 23.6 Å². The molecule has 2 aromatic rings. The lowest BCUT2D eigenvalue weighted by Gasteiger charge is -2.12. The van der Waals surface area contributed by atoms with Gasteiger partial charge in [-0.25, -0.2) is 4.79 Å². The topological polar surface area (TPSA) is 83.6 Å². The largest absolute Gasteiger partial charge is 0.452 e. The molecule has 2 N–H and O–H groups in total. The second-order valence-electron chi connectivity index (χ2n) is 6.23. The van der Waals surface area contributed by atoms with Crippen molar-refractivity contribution in [1.29, 1.82) is 5.26 Å². The first kappa shape index (κ1) is 18.1. The zero-order valence-corrected chi connectivity index (χ0v) is 15.1. The van der Waals surface area contributed by atoms with E-state index in [1.165, 1.54) is 42.8 Å². The number of thiophene rings is 1. The summed E-state index contributed by atoms with van der Waals surface area (Å²) in [6.07, 6.45) is 2.56. The molecule has 134 valence electrons. The molecule has 0 saturated carbocycles. The molecule has 1 fully saturated rings. The summed E-state index contributed by atoms with van der Waals surface area (Å²) in [7, 11) is 0. The number of nitrogens with one attached hydrogen (secondary N) is 2. The van der Waals surface area contributed by atoms with Crippen LogP contribution in [0.25, 0.3) is 0 Å². The van der Waals surface area contributed by atoms with Crippen LogP contribution < -0.4 is 10.2 Å². The number of nitrogens with zero attached hydrogens (tertiary/aromatic N) is 1. The molecule has 0 bridgehead atoms. The minimum atomic E-state index is -0.535. The number of amides is 1. The van der Waals surface area contributed by atoms with Crippen LogP contribution in [-0.2, 0) is 16.1 Å². The summed E-state index contributed by atoms with van der Waals surface area (Å²) in [5.74, 6) is -1.00. The summed E-state index contributed by atoms with van der Waals surface area (Å²) >= 11 is 1.25. The van der Waals surface area contributed by atoms with Crippen molar-refractivity contribution in [2.24, 2.45) is 0 Å². The lowest BCUT2D eigenvalue weighted by molar-refractivity contribution is -0.901. The van der Waals surface area contributed by atoms with Gasteiger partial charge in [0.2, 0.25) is 0 Å². The third-order valence-corrected chi connectivity index (χ3v) is 5.16. The molecule has 2 heterocycles. The van der Waals surface area contributed by atoms with Crippen molar-refractivity contribution in [1.82, 2.24) is 0 Å². The highest BCUT2D eigenvalue weighted by Gasteiger charge is 2.16. The normalized spacial score (nSPS) is 14.0. The van der Waals surface area contributed by atoms with Gasteiger partial charge in [0.1, 0.15) is 17.6 Å². The number of ether oxygens (including phenoxy) is 1. The molecule has 1 aliphatic heterocycles. The fraction of sp³-hybridized carbons (Fsp3) is 0.316. The molecule has 0 aliphatic carbocycles. The molecule has 6 nitrogen and oxygen atoms in total. The third kappa shape index (κ3) is 4.69. The number of likely N-dealkylation sites (tertiary alicyclic amines) is 1. The predicted octanol–water partition coefficient (Wildman–Crippen LogP) is 1.59. The Morgan fingerprint density at radius 2 is 1.92 bits per heavy atom. The van der Waals surface area contributed by atoms with Crippen LogP contribution in [0.3, 0.4) is 0 Å². The summed E-state index contributed by atoms with van der Waals surface area (Å²) in [5, 5.41) is 13.7. The molecule has 3 rings (SSSR count). The van der Waals surface area contributed by atoms with Gasteiger partial charge in [-0.2, -0.15) is 5.26 Å². The van der Waals surface area contributed by atoms with Crippen molar-refractivity contribution in [2.45, 2.75) is 19.4 Å². The molecule has 0 spiro atoms. The maximum Gasteiger partial charge on any atom is 0.338 e. The zero-order chi connectivity index (χ0) is 18.4. The predicted molar refractivity (Wildman–Crippen MR) is 98.0 cm³/mol. The van der Waals surface area contributed by atoms with Gasteiger partial charge in [-0.15, -0.1) is 11.3 Å². The standard InChI is InChI=1S/C19H19N3O3S/c20-11-16-7-10-26-18(16)21-17(23)13-25-19(24)15-5-3-14(4-6-15)12-22-8-1-2-9-22/h3-7,10H,1-2,8-9,12-13H2,(H,21,23)/p+1. The first-order chi connectivity index (χ1) is 12.7. The molecule has 7 heteroatoms. The smallest absolute Gasteiger partial charge is 0.338 e. The van der Waals surface area contributed by atoms with Crippen molar-refractivity contribution >= 4 is 28.2 Å². The van der Waals surface area contributed by atoms with Crippen LogP contribution in [0.1, 0.15) is 34.3 Å². The van der Waals surface area contributed by atoms with E-state index < -0.39 is 11.9 Å². The van der Waals surface area contributed by atoms with Gasteiger partial charge in [0.05, 0.1) is 24.2 Å². The van der Waals surface area contributed by atoms with Crippen molar-refractivity contribution in [2.75, 3.05) is 25.0 Å². The number of carbonyl (C=O) groups is 2. The van der Waals surface area contributed by atoms with Crippen LogP contribution in [0.5, 0.6) is 0 Å². The fourth-order valence-corrected chi connectivity index (χ4v) is 3.72. The maximum atomic E-state index is 12.1. The van der Waals surface area contributed by atoms with Gasteiger partial charge in [0.15, 0.2) is 6.61 Å². The van der Waals surface area contributed by atoms with E-state index in [9.17, 15) is 9.59 Å². The van der Waals surface area contributed by atoms with Gasteiger partial charge < -0.3 is 15.0 Å². The lowest BCUT2D eigenvalue weighted by atomic mass is 10.1. The number of hydrogen-bond donors (Lipinski definition) is 2. The Morgan fingerprint density at radius 1 is 1.19 bits per heavy atom. The average molecular weight is 370 g/mol. The molecule has 1 saturated heterocycles. The van der Waals surface area contributed by atoms with E-state index in [0.29, 0.717) is 16.1 Å². The Morgan fingerprint density at radius 3 is 2.62 bits per heavy atom. The number of nitriles is 1. The maximum absolute atomic E-state index is 12.1. The van der Waals surface area contributed by atoms with Gasteiger partial charge in [-0.3, -0.25) is 4.79 Å². The number of esters is 1. The van der Waals surface area contributed by atoms with Gasteiger partial charge in [0, 0.05) is 18.4 Å². The first-order valence-electron chi connectivity index (χ1n) is 8.53. The second-order valence-corrected chi connectivity index (χ2v) is 7.15. The molecule has 1 amide bonds. The summed E-state index contributed by atoms with van der Waals surface area (Å²) in [4.78, 5) is 25.5. The van der Waals surface area contributed by atoms with Crippen molar-refractivity contribution < 1.29 is 19.2 Å². The molecule has 26 heavy (non-hydrogen) atoms. The van der Waals surface area contributed by atoms with Crippen LogP contribution in [0.15, 0.2) is 35.7 Å². The molecular weight excluding hydrogens is 350 g/mol. The minimum Gasteiger partial charge on any atom is -0.452 e. The number of benzene rings is 1. The van der Waals surface area contributed by atoms with Gasteiger partial charge in [0.25, 0.3) is 5.91 Å². The van der Waals surface area contributed by atoms with Crippen molar-refractivity contribution in [3.63, 3.8) is 0 Å². The fourth-order valence-electron chi connectivity index (χ4n) is 2.97. The Bertz CT molecular complexity index is 817. The molecule has 1 aromatic heterocycles. The molecule has 1 aromatic carbocycles. The van der Waals surface area contributed by atoms with Crippen molar-refractivity contribution in [3.8, 4) is 6.07 Å². The Balaban J connectivity index is 1.48. The average Bonchev–Trinajstić information content (AvgIpc) is 3.32. The first-order valence-corrected chi connectivity index (χ1v) is 9.41. The molecule has 0 unspecified atom stereocenters. The van der Waals surface area contributed by atoms with Gasteiger partial charge in [-0.1, -0.05) is 12.1 Å². The quantitative estimate of drug-likeness (QED) is 0.757. The lowest BCUT2D eigenvalue weighted by Crippen LogP contribution is -3.08. The third-order valence-electron chi connectivity index (χ3n) is 4.33. The van der Waals surface area contributed by atoms with Crippen LogP contribution >= 0.6 is 11.3 Å². The van der Waals surface area contributed by atoms with E-state index >= 15 is 0 Å². The van der Waals surface area contributed by atoms with Crippen LogP contribution in [-0.4, -0.2) is 31.6 Å². The monoisotopic (exact) mass is 370 g/mol. The molecule has 0 atom stereocenters. The van der Waals surface area contributed by atoms with E-state index in [-0.39, 0.29) is 6.61 Å². The number of quaternary nitrogens is 1. The highest BCUT2D eigenvalue weighted by molar-refractivity contribution is 7.14. The Kier molecular flexibility index (Phi) is 6.00. The SMILES string of the molecule is N#Cc1ccsc1NC(=O)COC(=O)c1ccc(C[NH+]2CCCC2)cc1. The Hall–Kier alpha value is -2.69. The van der Waals surface area contributed by atoms with Crippen LogP contribution in [0.4, 0.5) is 5.00 Å².